The first-order valence-corrected chi connectivity index (χ1v) is 5.64. The molecule has 1 unspecified atom stereocenters. The van der Waals surface area contributed by atoms with Gasteiger partial charge in [0.15, 0.2) is 5.82 Å². The second kappa shape index (κ2) is 4.46. The van der Waals surface area contributed by atoms with Crippen LogP contribution in [0.5, 0.6) is 0 Å². The molecule has 0 saturated carbocycles. The lowest BCUT2D eigenvalue weighted by molar-refractivity contribution is -0.117. The molecule has 84 valence electrons. The number of thiophene rings is 1. The van der Waals surface area contributed by atoms with E-state index in [2.05, 4.69) is 10.4 Å². The number of rotatable bonds is 3. The molecule has 6 heteroatoms. The fraction of sp³-hybridized carbons (Fsp3) is 0.200. The largest absolute Gasteiger partial charge is 0.316 e. The number of carbonyl (C=O) groups is 1. The summed E-state index contributed by atoms with van der Waals surface area (Å²) in [6, 6.07) is 4.79. The number of carbonyl (C=O) groups excluding carboxylic acids is 1. The Morgan fingerprint density at radius 3 is 3.00 bits per heavy atom. The Morgan fingerprint density at radius 2 is 2.44 bits per heavy atom. The molecule has 0 aliphatic carbocycles. The zero-order valence-electron chi connectivity index (χ0n) is 8.75. The van der Waals surface area contributed by atoms with E-state index in [0.717, 1.165) is 4.88 Å². The Labute approximate surface area is 96.9 Å². The molecule has 0 fully saturated rings. The Morgan fingerprint density at radius 1 is 1.62 bits per heavy atom. The highest BCUT2D eigenvalue weighted by molar-refractivity contribution is 7.10. The van der Waals surface area contributed by atoms with Crippen molar-refractivity contribution in [3.63, 3.8) is 0 Å². The van der Waals surface area contributed by atoms with E-state index >= 15 is 0 Å². The van der Waals surface area contributed by atoms with Gasteiger partial charge in [0.1, 0.15) is 6.04 Å². The van der Waals surface area contributed by atoms with E-state index in [4.69, 9.17) is 5.73 Å². The molecule has 3 N–H and O–H groups in total. The molecule has 1 atom stereocenters. The SMILES string of the molecule is Cn1ccc(NC(=O)C(N)c2cccs2)n1. The van der Waals surface area contributed by atoms with Crippen molar-refractivity contribution in [1.29, 1.82) is 0 Å². The lowest BCUT2D eigenvalue weighted by Crippen LogP contribution is -2.27. The van der Waals surface area contributed by atoms with Gasteiger partial charge in [-0.15, -0.1) is 11.3 Å². The van der Waals surface area contributed by atoms with Crippen molar-refractivity contribution in [2.24, 2.45) is 12.8 Å². The van der Waals surface area contributed by atoms with Crippen LogP contribution >= 0.6 is 11.3 Å². The first-order valence-electron chi connectivity index (χ1n) is 4.76. The first kappa shape index (κ1) is 10.8. The molecule has 2 aromatic rings. The van der Waals surface area contributed by atoms with E-state index in [1.54, 1.807) is 24.0 Å². The molecule has 0 radical (unpaired) electrons. The average Bonchev–Trinajstić information content (AvgIpc) is 2.88. The summed E-state index contributed by atoms with van der Waals surface area (Å²) in [6.45, 7) is 0. The van der Waals surface area contributed by atoms with Crippen molar-refractivity contribution >= 4 is 23.1 Å². The van der Waals surface area contributed by atoms with Crippen molar-refractivity contribution in [3.05, 3.63) is 34.7 Å². The maximum atomic E-state index is 11.7. The molecule has 0 saturated heterocycles. The third-order valence-corrected chi connectivity index (χ3v) is 3.05. The van der Waals surface area contributed by atoms with Crippen LogP contribution in [0.1, 0.15) is 10.9 Å². The first-order chi connectivity index (χ1) is 7.66. The van der Waals surface area contributed by atoms with Crippen molar-refractivity contribution < 1.29 is 4.79 Å². The second-order valence-electron chi connectivity index (χ2n) is 3.36. The van der Waals surface area contributed by atoms with Crippen molar-refractivity contribution in [1.82, 2.24) is 9.78 Å². The monoisotopic (exact) mass is 236 g/mol. The lowest BCUT2D eigenvalue weighted by Gasteiger charge is -2.08. The fourth-order valence-electron chi connectivity index (χ4n) is 1.28. The summed E-state index contributed by atoms with van der Waals surface area (Å²) in [5, 5.41) is 8.60. The Bertz CT molecular complexity index is 477. The predicted octanol–water partition coefficient (Wildman–Crippen LogP) is 1.12. The molecule has 5 nitrogen and oxygen atoms in total. The van der Waals surface area contributed by atoms with E-state index < -0.39 is 6.04 Å². The summed E-state index contributed by atoms with van der Waals surface area (Å²) in [5.41, 5.74) is 5.80. The van der Waals surface area contributed by atoms with E-state index in [0.29, 0.717) is 5.82 Å². The van der Waals surface area contributed by atoms with Crippen LogP contribution < -0.4 is 11.1 Å². The van der Waals surface area contributed by atoms with Crippen LogP contribution in [0.2, 0.25) is 0 Å². The topological polar surface area (TPSA) is 72.9 Å². The molecule has 0 bridgehead atoms. The van der Waals surface area contributed by atoms with Crippen LogP contribution in [0.4, 0.5) is 5.82 Å². The number of nitrogens with two attached hydrogens (primary N) is 1. The van der Waals surface area contributed by atoms with E-state index in [1.807, 2.05) is 17.5 Å². The standard InChI is InChI=1S/C10H12N4OS/c1-14-5-4-8(13-14)12-10(15)9(11)7-3-2-6-16-7/h2-6,9H,11H2,1H3,(H,12,13,15). The molecular weight excluding hydrogens is 224 g/mol. The molecule has 2 rings (SSSR count). The maximum Gasteiger partial charge on any atom is 0.247 e. The summed E-state index contributed by atoms with van der Waals surface area (Å²) >= 11 is 1.46. The molecule has 2 heterocycles. The predicted molar refractivity (Wildman–Crippen MR) is 63.1 cm³/mol. The number of hydrogen-bond acceptors (Lipinski definition) is 4. The normalized spacial score (nSPS) is 12.4. The zero-order valence-corrected chi connectivity index (χ0v) is 9.57. The molecule has 0 aliphatic heterocycles. The molecule has 0 aliphatic rings. The highest BCUT2D eigenvalue weighted by Crippen LogP contribution is 2.17. The molecule has 2 aromatic heterocycles. The van der Waals surface area contributed by atoms with E-state index in [-0.39, 0.29) is 5.91 Å². The van der Waals surface area contributed by atoms with Crippen molar-refractivity contribution in [2.75, 3.05) is 5.32 Å². The van der Waals surface area contributed by atoms with Gasteiger partial charge in [-0.1, -0.05) is 6.07 Å². The number of aromatic nitrogens is 2. The summed E-state index contributed by atoms with van der Waals surface area (Å²) < 4.78 is 1.62. The van der Waals surface area contributed by atoms with Crippen LogP contribution in [-0.4, -0.2) is 15.7 Å². The number of nitrogens with one attached hydrogen (secondary N) is 1. The maximum absolute atomic E-state index is 11.7. The van der Waals surface area contributed by atoms with E-state index in [1.165, 1.54) is 11.3 Å². The fourth-order valence-corrected chi connectivity index (χ4v) is 2.01. The Hall–Kier alpha value is -1.66. The van der Waals surface area contributed by atoms with Crippen LogP contribution in [0.15, 0.2) is 29.8 Å². The minimum Gasteiger partial charge on any atom is -0.316 e. The quantitative estimate of drug-likeness (QED) is 0.838. The van der Waals surface area contributed by atoms with Gasteiger partial charge in [-0.05, 0) is 11.4 Å². The number of amides is 1. The third-order valence-electron chi connectivity index (χ3n) is 2.10. The molecule has 1 amide bonds. The van der Waals surface area contributed by atoms with Crippen LogP contribution in [0, 0.1) is 0 Å². The summed E-state index contributed by atoms with van der Waals surface area (Å²) in [5.74, 6) is 0.264. The van der Waals surface area contributed by atoms with Gasteiger partial charge in [0.25, 0.3) is 0 Å². The molecule has 16 heavy (non-hydrogen) atoms. The summed E-state index contributed by atoms with van der Waals surface area (Å²) in [7, 11) is 1.79. The lowest BCUT2D eigenvalue weighted by atomic mass is 10.2. The van der Waals surface area contributed by atoms with Gasteiger partial charge in [0, 0.05) is 24.2 Å². The number of hydrogen-bond donors (Lipinski definition) is 2. The smallest absolute Gasteiger partial charge is 0.247 e. The van der Waals surface area contributed by atoms with Crippen molar-refractivity contribution in [2.45, 2.75) is 6.04 Å². The molecular formula is C10H12N4OS. The van der Waals surface area contributed by atoms with Crippen LogP contribution in [0.25, 0.3) is 0 Å². The highest BCUT2D eigenvalue weighted by atomic mass is 32.1. The van der Waals surface area contributed by atoms with Gasteiger partial charge in [0.2, 0.25) is 5.91 Å². The van der Waals surface area contributed by atoms with Gasteiger partial charge in [0.05, 0.1) is 0 Å². The minimum atomic E-state index is -0.637. The second-order valence-corrected chi connectivity index (χ2v) is 4.34. The summed E-state index contributed by atoms with van der Waals surface area (Å²) in [4.78, 5) is 12.6. The van der Waals surface area contributed by atoms with E-state index in [9.17, 15) is 4.79 Å². The minimum absolute atomic E-state index is 0.249. The average molecular weight is 236 g/mol. The number of aryl methyl sites for hydroxylation is 1. The number of nitrogens with zero attached hydrogens (tertiary/aromatic N) is 2. The number of anilines is 1. The van der Waals surface area contributed by atoms with Gasteiger partial charge in [-0.3, -0.25) is 9.48 Å². The van der Waals surface area contributed by atoms with Crippen LogP contribution in [0.3, 0.4) is 0 Å². The van der Waals surface area contributed by atoms with Crippen molar-refractivity contribution in [3.8, 4) is 0 Å². The third kappa shape index (κ3) is 2.29. The van der Waals surface area contributed by atoms with Gasteiger partial charge in [-0.2, -0.15) is 5.10 Å². The van der Waals surface area contributed by atoms with Gasteiger partial charge in [-0.25, -0.2) is 0 Å². The van der Waals surface area contributed by atoms with Gasteiger partial charge >= 0.3 is 0 Å². The highest BCUT2D eigenvalue weighted by Gasteiger charge is 2.17. The zero-order chi connectivity index (χ0) is 11.5. The molecule has 0 aromatic carbocycles. The molecule has 0 spiro atoms. The summed E-state index contributed by atoms with van der Waals surface area (Å²) in [6.07, 6.45) is 1.76. The van der Waals surface area contributed by atoms with Crippen LogP contribution in [-0.2, 0) is 11.8 Å². The Balaban J connectivity index is 2.03. The van der Waals surface area contributed by atoms with Gasteiger partial charge < -0.3 is 11.1 Å². The Kier molecular flexibility index (Phi) is 3.02.